The first kappa shape index (κ1) is 17.1. The van der Waals surface area contributed by atoms with Crippen molar-refractivity contribution >= 4 is 37.4 Å². The first-order chi connectivity index (χ1) is 11.1. The highest BCUT2D eigenvalue weighted by Crippen LogP contribution is 2.23. The maximum atomic E-state index is 12.6. The van der Waals surface area contributed by atoms with Crippen molar-refractivity contribution in [3.05, 3.63) is 62.4 Å². The highest BCUT2D eigenvalue weighted by atomic mass is 35.5. The molecule has 2 aromatic carbocycles. The second-order valence-corrected chi connectivity index (χ2v) is 8.62. The molecule has 0 saturated carbocycles. The van der Waals surface area contributed by atoms with Crippen LogP contribution in [0.4, 0.5) is 0 Å². The van der Waals surface area contributed by atoms with E-state index in [1.807, 2.05) is 0 Å². The summed E-state index contributed by atoms with van der Waals surface area (Å²) in [6.45, 7) is 1.50. The van der Waals surface area contributed by atoms with Gasteiger partial charge in [-0.25, -0.2) is 22.8 Å². The molecule has 0 fully saturated rings. The van der Waals surface area contributed by atoms with Gasteiger partial charge in [0.2, 0.25) is 10.0 Å². The van der Waals surface area contributed by atoms with E-state index in [-0.39, 0.29) is 26.3 Å². The van der Waals surface area contributed by atoms with Crippen molar-refractivity contribution in [1.29, 1.82) is 0 Å². The summed E-state index contributed by atoms with van der Waals surface area (Å²) in [5.74, 6) is 0.0677. The molecule has 1 atom stereocenters. The third-order valence-electron chi connectivity index (χ3n) is 3.45. The molecule has 0 spiro atoms. The lowest BCUT2D eigenvalue weighted by atomic mass is 10.2. The first-order valence-corrected chi connectivity index (χ1v) is 10.0. The number of benzene rings is 2. The predicted molar refractivity (Wildman–Crippen MR) is 91.3 cm³/mol. The number of amidine groups is 1. The molecule has 1 aliphatic rings. The Labute approximate surface area is 143 Å². The van der Waals surface area contributed by atoms with E-state index in [0.717, 1.165) is 6.07 Å². The van der Waals surface area contributed by atoms with Crippen molar-refractivity contribution in [2.24, 2.45) is 14.5 Å². The lowest BCUT2D eigenvalue weighted by molar-refractivity contribution is 0.557. The maximum absolute atomic E-state index is 12.6. The summed E-state index contributed by atoms with van der Waals surface area (Å²) < 4.78 is 49.7. The molecule has 3 N–H and O–H groups in total. The summed E-state index contributed by atoms with van der Waals surface area (Å²) >= 11 is 6.07. The normalized spacial score (nSPS) is 20.1. The number of hydrogen-bond acceptors (Lipinski definition) is 4. The van der Waals surface area contributed by atoms with Crippen molar-refractivity contribution in [3.8, 4) is 0 Å². The molecule has 1 aliphatic heterocycles. The quantitative estimate of drug-likeness (QED) is 0.756. The lowest BCUT2D eigenvalue weighted by Crippen LogP contribution is -2.24. The van der Waals surface area contributed by atoms with E-state index in [9.17, 15) is 17.2 Å². The van der Waals surface area contributed by atoms with Crippen LogP contribution in [-0.2, 0) is 20.0 Å². The Morgan fingerprint density at radius 1 is 1.25 bits per heavy atom. The molecule has 0 radical (unpaired) electrons. The zero-order valence-corrected chi connectivity index (χ0v) is 14.7. The van der Waals surface area contributed by atoms with E-state index in [0.29, 0.717) is 5.56 Å². The van der Waals surface area contributed by atoms with Crippen molar-refractivity contribution < 1.29 is 17.2 Å². The molecule has 0 saturated heterocycles. The van der Waals surface area contributed by atoms with Gasteiger partial charge in [0.1, 0.15) is 9.41 Å². The third-order valence-corrected chi connectivity index (χ3v) is 6.29. The molecule has 1 heterocycles. The van der Waals surface area contributed by atoms with Crippen LogP contribution in [0, 0.1) is 11.4 Å². The van der Waals surface area contributed by atoms with Gasteiger partial charge in [-0.3, -0.25) is 4.55 Å². The van der Waals surface area contributed by atoms with Gasteiger partial charge in [-0.1, -0.05) is 41.9 Å². The average Bonchev–Trinajstić information content (AvgIpc) is 2.50. The summed E-state index contributed by atoms with van der Waals surface area (Å²) in [5.41, 5.74) is 0.791. The monoisotopic (exact) mass is 385 g/mol. The maximum Gasteiger partial charge on any atom is 0.239 e. The van der Waals surface area contributed by atoms with Gasteiger partial charge in [0, 0.05) is 5.56 Å². The van der Waals surface area contributed by atoms with E-state index in [1.165, 1.54) is 6.92 Å². The van der Waals surface area contributed by atoms with Gasteiger partial charge in [0.15, 0.2) is 15.8 Å². The van der Waals surface area contributed by atoms with Crippen LogP contribution in [0.1, 0.15) is 11.1 Å². The van der Waals surface area contributed by atoms with Crippen molar-refractivity contribution in [3.63, 3.8) is 0 Å². The Bertz CT molecular complexity index is 1200. The number of halogens is 1. The molecule has 126 valence electrons. The summed E-state index contributed by atoms with van der Waals surface area (Å²) in [5, 5.41) is 5.10. The fraction of sp³-hybridized carbons (Fsp3) is 0.0714. The fourth-order valence-electron chi connectivity index (χ4n) is 2.27. The minimum atomic E-state index is -4.16. The molecule has 0 aliphatic carbocycles. The van der Waals surface area contributed by atoms with Crippen molar-refractivity contribution in [2.45, 2.75) is 11.8 Å². The summed E-state index contributed by atoms with van der Waals surface area (Å²) in [7, 11) is -8.06. The molecule has 0 bridgehead atoms. The standard InChI is InChI=1S/C14H12ClN3O4S2/c1-8-12(15)10(23(16,19)20)7-11-13(8)17-14(18-24(11,21)22)9-5-3-2-4-6-9/h2-7H,1H3,(H2,16,19,20)(H,17,18,21,22). The number of sulfonamides is 1. The smallest absolute Gasteiger partial charge is 0.239 e. The minimum absolute atomic E-state index is 0.0677. The Morgan fingerprint density at radius 3 is 2.46 bits per heavy atom. The largest absolute Gasteiger partial charge is 0.296 e. The number of nitrogens with zero attached hydrogens (tertiary/aromatic N) is 2. The van der Waals surface area contributed by atoms with E-state index in [4.69, 9.17) is 16.7 Å². The van der Waals surface area contributed by atoms with Gasteiger partial charge < -0.3 is 0 Å². The molecular formula is C14H12ClN3O4S2. The SMILES string of the molecule is Cc1c(Cl)c(S(N)(=O)=O)cc2c1=NC(c1ccccc1)=NS=2(=O)O. The van der Waals surface area contributed by atoms with Crippen molar-refractivity contribution in [1.82, 2.24) is 0 Å². The van der Waals surface area contributed by atoms with Gasteiger partial charge >= 0.3 is 0 Å². The van der Waals surface area contributed by atoms with Gasteiger partial charge in [-0.15, -0.1) is 0 Å². The second kappa shape index (κ2) is 5.64. The first-order valence-electron chi connectivity index (χ1n) is 6.61. The number of nitrogens with two attached hydrogens (primary N) is 1. The van der Waals surface area contributed by atoms with Crippen LogP contribution in [-0.4, -0.2) is 23.0 Å². The van der Waals surface area contributed by atoms with Gasteiger partial charge in [-0.05, 0) is 18.6 Å². The number of rotatable bonds is 2. The molecule has 0 amide bonds. The number of hydrogen-bond donors (Lipinski definition) is 2. The third kappa shape index (κ3) is 2.85. The summed E-state index contributed by atoms with van der Waals surface area (Å²) in [4.78, 5) is 3.85. The minimum Gasteiger partial charge on any atom is -0.296 e. The number of fused-ring (bicyclic) bond motifs is 1. The highest BCUT2D eigenvalue weighted by Gasteiger charge is 2.22. The van der Waals surface area contributed by atoms with Gasteiger partial charge in [0.05, 0.1) is 10.4 Å². The van der Waals surface area contributed by atoms with E-state index in [2.05, 4.69) is 9.39 Å². The predicted octanol–water partition coefficient (Wildman–Crippen LogP) is 1.30. The molecule has 1 unspecified atom stereocenters. The fourth-order valence-corrected chi connectivity index (χ4v) is 4.70. The Kier molecular flexibility index (Phi) is 4.01. The van der Waals surface area contributed by atoms with Gasteiger partial charge in [-0.2, -0.15) is 4.40 Å². The molecule has 0 aromatic heterocycles. The highest BCUT2D eigenvalue weighted by molar-refractivity contribution is 7.89. The van der Waals surface area contributed by atoms with E-state index < -0.39 is 24.9 Å². The number of primary sulfonamides is 1. The molecule has 2 aromatic rings. The Morgan fingerprint density at radius 2 is 1.88 bits per heavy atom. The Balaban J connectivity index is 2.47. The van der Waals surface area contributed by atoms with E-state index >= 15 is 0 Å². The van der Waals surface area contributed by atoms with Crippen LogP contribution < -0.4 is 10.5 Å². The molecule has 3 rings (SSSR count). The van der Waals surface area contributed by atoms with Crippen LogP contribution in [0.15, 0.2) is 50.7 Å². The van der Waals surface area contributed by atoms with Crippen LogP contribution in [0.5, 0.6) is 0 Å². The molecule has 10 heteroatoms. The van der Waals surface area contributed by atoms with Gasteiger partial charge in [0.25, 0.3) is 0 Å². The Hall–Kier alpha value is -1.78. The van der Waals surface area contributed by atoms with Crippen LogP contribution in [0.25, 0.3) is 0 Å². The molecular weight excluding hydrogens is 374 g/mol. The van der Waals surface area contributed by atoms with E-state index in [1.54, 1.807) is 30.3 Å². The van der Waals surface area contributed by atoms with Crippen LogP contribution in [0.3, 0.4) is 0 Å². The van der Waals surface area contributed by atoms with Crippen LogP contribution in [0.2, 0.25) is 5.02 Å². The molecule has 7 nitrogen and oxygen atoms in total. The summed E-state index contributed by atoms with van der Waals surface area (Å²) in [6.07, 6.45) is 0. The van der Waals surface area contributed by atoms with Crippen molar-refractivity contribution in [2.75, 3.05) is 0 Å². The second-order valence-electron chi connectivity index (χ2n) is 5.09. The zero-order valence-electron chi connectivity index (χ0n) is 12.3. The zero-order chi connectivity index (χ0) is 17.7. The lowest BCUT2D eigenvalue weighted by Gasteiger charge is -2.12. The topological polar surface area (TPSA) is 122 Å². The average molecular weight is 386 g/mol. The molecule has 24 heavy (non-hydrogen) atoms. The van der Waals surface area contributed by atoms with Crippen LogP contribution >= 0.6 is 11.6 Å². The summed E-state index contributed by atoms with van der Waals surface area (Å²) in [6, 6.07) is 9.61.